The van der Waals surface area contributed by atoms with E-state index >= 15 is 0 Å². The van der Waals surface area contributed by atoms with Crippen molar-refractivity contribution in [2.24, 2.45) is 4.99 Å². The number of hydrogen-bond acceptors (Lipinski definition) is 4. The molecule has 0 spiro atoms. The van der Waals surface area contributed by atoms with E-state index in [0.29, 0.717) is 16.0 Å². The number of quaternary nitrogens is 1. The molecule has 1 aromatic rings. The maximum Gasteiger partial charge on any atom is 0.320 e. The Balaban J connectivity index is 2.50. The topological polar surface area (TPSA) is 62.9 Å². The highest BCUT2D eigenvalue weighted by atomic mass is 35.5. The van der Waals surface area contributed by atoms with E-state index in [-0.39, 0.29) is 16.1 Å². The molecule has 1 heterocycles. The third kappa shape index (κ3) is 3.80. The molecular formula is C19H28Cl2N5O+. The van der Waals surface area contributed by atoms with Crippen molar-refractivity contribution in [3.63, 3.8) is 0 Å². The number of aliphatic imine (C=N–C) groups is 1. The van der Waals surface area contributed by atoms with E-state index in [9.17, 15) is 10.5 Å². The molecule has 6 nitrogen and oxygen atoms in total. The zero-order chi connectivity index (χ0) is 20.8. The Morgan fingerprint density at radius 1 is 1.30 bits per heavy atom. The van der Waals surface area contributed by atoms with Crippen LogP contribution in [0.4, 0.5) is 5.69 Å². The molecule has 1 aliphatic heterocycles. The van der Waals surface area contributed by atoms with Crippen LogP contribution in [0.5, 0.6) is 0 Å². The van der Waals surface area contributed by atoms with Gasteiger partial charge in [-0.1, -0.05) is 23.2 Å². The van der Waals surface area contributed by atoms with Crippen molar-refractivity contribution >= 4 is 34.8 Å². The largest absolute Gasteiger partial charge is 0.320 e. The van der Waals surface area contributed by atoms with Crippen LogP contribution in [0.15, 0.2) is 23.2 Å². The fraction of sp³-hybridized carbons (Fsp3) is 0.579. The van der Waals surface area contributed by atoms with Gasteiger partial charge in [-0.15, -0.1) is 4.99 Å². The van der Waals surface area contributed by atoms with Gasteiger partial charge in [-0.25, -0.2) is 4.48 Å². The predicted octanol–water partition coefficient (Wildman–Crippen LogP) is 4.35. The van der Waals surface area contributed by atoms with Gasteiger partial charge < -0.3 is 10.1 Å². The number of hydrogen-bond donors (Lipinski definition) is 1. The second-order valence-corrected chi connectivity index (χ2v) is 9.49. The third-order valence-electron chi connectivity index (χ3n) is 5.61. The molecule has 0 saturated carbocycles. The monoisotopic (exact) mass is 412 g/mol. The zero-order valence-electron chi connectivity index (χ0n) is 17.0. The maximum atomic E-state index is 10.7. The van der Waals surface area contributed by atoms with Crippen LogP contribution in [0, 0.1) is 11.5 Å². The molecule has 1 aliphatic rings. The number of hydroxylamine groups is 2. The minimum atomic E-state index is -0.522. The second kappa shape index (κ2) is 7.23. The van der Waals surface area contributed by atoms with Crippen molar-refractivity contribution in [2.75, 3.05) is 21.1 Å². The van der Waals surface area contributed by atoms with E-state index in [0.717, 1.165) is 12.1 Å². The summed E-state index contributed by atoms with van der Waals surface area (Å²) in [4.78, 5) is 6.14. The zero-order valence-corrected chi connectivity index (χ0v) is 18.5. The Labute approximate surface area is 171 Å². The molecule has 1 aromatic carbocycles. The number of rotatable bonds is 2. The lowest BCUT2D eigenvalue weighted by Crippen LogP contribution is -2.61. The average molecular weight is 413 g/mol. The van der Waals surface area contributed by atoms with Gasteiger partial charge in [-0.05, 0) is 40.2 Å². The molecule has 2 rings (SSSR count). The van der Waals surface area contributed by atoms with Crippen molar-refractivity contribution in [1.82, 2.24) is 14.4 Å². The molecule has 27 heavy (non-hydrogen) atoms. The highest BCUT2D eigenvalue weighted by molar-refractivity contribution is 6.42. The summed E-state index contributed by atoms with van der Waals surface area (Å²) in [6, 6.07) is 5.34. The standard InChI is InChI=1S/C19H28Cl2N5O/c1-18(2)11-16(19(3,4)25(18)27)24(5)17(23-12-22)26(6,7)13-8-9-14(20)15(21)10-13/h8-10,16,27H,11H2,1-7H3/q+1. The van der Waals surface area contributed by atoms with E-state index in [1.54, 1.807) is 12.1 Å². The fourth-order valence-corrected chi connectivity index (χ4v) is 4.36. The Morgan fingerprint density at radius 3 is 2.33 bits per heavy atom. The summed E-state index contributed by atoms with van der Waals surface area (Å²) in [5, 5.41) is 22.3. The van der Waals surface area contributed by atoms with Crippen molar-refractivity contribution in [3.05, 3.63) is 28.2 Å². The number of guanidine groups is 1. The molecule has 0 bridgehead atoms. The first-order chi connectivity index (χ1) is 12.3. The van der Waals surface area contributed by atoms with Crippen molar-refractivity contribution in [2.45, 2.75) is 51.2 Å². The van der Waals surface area contributed by atoms with Gasteiger partial charge in [0.05, 0.1) is 35.7 Å². The van der Waals surface area contributed by atoms with Crippen LogP contribution in [0.1, 0.15) is 34.1 Å². The summed E-state index contributed by atoms with van der Waals surface area (Å²) < 4.78 is 0.208. The number of halogens is 2. The van der Waals surface area contributed by atoms with Gasteiger partial charge in [0.2, 0.25) is 6.19 Å². The molecule has 0 aliphatic carbocycles. The number of nitriles is 1. The van der Waals surface area contributed by atoms with Gasteiger partial charge in [0.15, 0.2) is 0 Å². The lowest BCUT2D eigenvalue weighted by atomic mass is 9.93. The summed E-state index contributed by atoms with van der Waals surface area (Å²) in [6.45, 7) is 7.99. The van der Waals surface area contributed by atoms with Crippen molar-refractivity contribution in [3.8, 4) is 6.19 Å². The van der Waals surface area contributed by atoms with Crippen LogP contribution in [-0.2, 0) is 0 Å². The molecule has 0 radical (unpaired) electrons. The molecule has 148 valence electrons. The normalized spacial score (nSPS) is 22.6. The number of nitrogens with zero attached hydrogens (tertiary/aromatic N) is 5. The maximum absolute atomic E-state index is 10.7. The average Bonchev–Trinajstić information content (AvgIpc) is 2.74. The van der Waals surface area contributed by atoms with Crippen LogP contribution >= 0.6 is 23.2 Å². The molecule has 0 amide bonds. The van der Waals surface area contributed by atoms with E-state index in [1.165, 1.54) is 5.06 Å². The minimum Gasteiger partial charge on any atom is -0.313 e. The van der Waals surface area contributed by atoms with Gasteiger partial charge in [0.1, 0.15) is 5.69 Å². The van der Waals surface area contributed by atoms with Crippen LogP contribution in [0.2, 0.25) is 10.0 Å². The first kappa shape index (κ1) is 21.9. The first-order valence-electron chi connectivity index (χ1n) is 8.76. The molecule has 8 heteroatoms. The Morgan fingerprint density at radius 2 is 1.89 bits per heavy atom. The van der Waals surface area contributed by atoms with Gasteiger partial charge >= 0.3 is 5.96 Å². The van der Waals surface area contributed by atoms with E-state index < -0.39 is 5.54 Å². The molecule has 0 aromatic heterocycles. The summed E-state index contributed by atoms with van der Waals surface area (Å²) in [5.41, 5.74) is -0.0614. The second-order valence-electron chi connectivity index (χ2n) is 8.67. The molecule has 1 atom stereocenters. The van der Waals surface area contributed by atoms with Gasteiger partial charge in [0.25, 0.3) is 0 Å². The molecule has 1 saturated heterocycles. The number of likely N-dealkylation sites (N-methyl/N-ethyl adjacent to an activating group) is 1. The molecular weight excluding hydrogens is 385 g/mol. The van der Waals surface area contributed by atoms with Gasteiger partial charge in [0, 0.05) is 24.7 Å². The van der Waals surface area contributed by atoms with Crippen molar-refractivity contribution < 1.29 is 5.21 Å². The highest BCUT2D eigenvalue weighted by Gasteiger charge is 2.55. The molecule has 1 fully saturated rings. The third-order valence-corrected chi connectivity index (χ3v) is 6.35. The van der Waals surface area contributed by atoms with Crippen LogP contribution in [-0.4, -0.2) is 59.4 Å². The summed E-state index contributed by atoms with van der Waals surface area (Å²) in [5.74, 6) is 0.556. The summed E-state index contributed by atoms with van der Waals surface area (Å²) in [7, 11) is 5.79. The van der Waals surface area contributed by atoms with Crippen LogP contribution in [0.3, 0.4) is 0 Å². The van der Waals surface area contributed by atoms with Gasteiger partial charge in [-0.2, -0.15) is 10.3 Å². The smallest absolute Gasteiger partial charge is 0.313 e. The highest BCUT2D eigenvalue weighted by Crippen LogP contribution is 2.42. The van der Waals surface area contributed by atoms with Crippen LogP contribution in [0.25, 0.3) is 0 Å². The van der Waals surface area contributed by atoms with E-state index in [1.807, 2.05) is 66.0 Å². The Hall–Kier alpha value is -1.36. The number of benzene rings is 1. The quantitative estimate of drug-likeness (QED) is 0.339. The molecule has 1 unspecified atom stereocenters. The fourth-order valence-electron chi connectivity index (χ4n) is 4.07. The van der Waals surface area contributed by atoms with Gasteiger partial charge in [-0.3, -0.25) is 0 Å². The molecule has 1 N–H and O–H groups in total. The Kier molecular flexibility index (Phi) is 5.87. The Bertz CT molecular complexity index is 798. The SMILES string of the molecule is CN(C(=NC#N)[N+](C)(C)c1ccc(Cl)c(Cl)c1)C1CC(C)(C)N(O)C1(C)C. The lowest BCUT2D eigenvalue weighted by molar-refractivity contribution is -0.196. The predicted molar refractivity (Wildman–Crippen MR) is 111 cm³/mol. The minimum absolute atomic E-state index is 0.0511. The summed E-state index contributed by atoms with van der Waals surface area (Å²) >= 11 is 12.3. The van der Waals surface area contributed by atoms with Crippen molar-refractivity contribution in [1.29, 1.82) is 5.26 Å². The summed E-state index contributed by atoms with van der Waals surface area (Å²) in [6.07, 6.45) is 2.65. The first-order valence-corrected chi connectivity index (χ1v) is 9.51. The lowest BCUT2D eigenvalue weighted by Gasteiger charge is -2.41. The van der Waals surface area contributed by atoms with E-state index in [4.69, 9.17) is 23.2 Å². The van der Waals surface area contributed by atoms with Crippen LogP contribution < -0.4 is 4.48 Å². The van der Waals surface area contributed by atoms with E-state index in [2.05, 4.69) is 4.99 Å².